The minimum atomic E-state index is 0.113. The van der Waals surface area contributed by atoms with Crippen molar-refractivity contribution >= 4 is 0 Å². The van der Waals surface area contributed by atoms with Gasteiger partial charge < -0.3 is 5.73 Å². The van der Waals surface area contributed by atoms with Crippen molar-refractivity contribution in [2.45, 2.75) is 64.8 Å². The first-order valence-electron chi connectivity index (χ1n) is 7.09. The standard InChI is InChI=1S/C14H30N2/c1-4-5-6-7-8-9-10-16-11-14(15,12-16)13(2)3/h13H,4-12,15H2,1-3H3. The number of nitrogens with zero attached hydrogens (tertiary/aromatic N) is 1. The van der Waals surface area contributed by atoms with Crippen LogP contribution in [0.15, 0.2) is 0 Å². The Labute approximate surface area is 102 Å². The normalized spacial score (nSPS) is 20.1. The second kappa shape index (κ2) is 6.61. The van der Waals surface area contributed by atoms with Crippen molar-refractivity contribution < 1.29 is 0 Å². The van der Waals surface area contributed by atoms with Crippen LogP contribution in [0.3, 0.4) is 0 Å². The maximum Gasteiger partial charge on any atom is 0.0435 e. The Balaban J connectivity index is 1.93. The van der Waals surface area contributed by atoms with E-state index >= 15 is 0 Å². The van der Waals surface area contributed by atoms with Gasteiger partial charge in [0.15, 0.2) is 0 Å². The fraction of sp³-hybridized carbons (Fsp3) is 1.00. The molecule has 0 spiro atoms. The molecule has 0 unspecified atom stereocenters. The van der Waals surface area contributed by atoms with Crippen LogP contribution in [0.2, 0.25) is 0 Å². The molecule has 0 amide bonds. The Morgan fingerprint density at radius 2 is 1.62 bits per heavy atom. The maximum atomic E-state index is 6.26. The zero-order chi connectivity index (χ0) is 12.0. The van der Waals surface area contributed by atoms with E-state index < -0.39 is 0 Å². The van der Waals surface area contributed by atoms with Crippen molar-refractivity contribution in [3.8, 4) is 0 Å². The van der Waals surface area contributed by atoms with Gasteiger partial charge in [-0.3, -0.25) is 4.90 Å². The van der Waals surface area contributed by atoms with E-state index in [1.165, 1.54) is 45.1 Å². The lowest BCUT2D eigenvalue weighted by atomic mass is 9.80. The Kier molecular flexibility index (Phi) is 5.77. The summed E-state index contributed by atoms with van der Waals surface area (Å²) >= 11 is 0. The van der Waals surface area contributed by atoms with E-state index in [-0.39, 0.29) is 5.54 Å². The summed E-state index contributed by atoms with van der Waals surface area (Å²) in [7, 11) is 0. The first kappa shape index (κ1) is 14.0. The van der Waals surface area contributed by atoms with Gasteiger partial charge in [-0.1, -0.05) is 52.9 Å². The van der Waals surface area contributed by atoms with Crippen LogP contribution in [0.4, 0.5) is 0 Å². The smallest absolute Gasteiger partial charge is 0.0435 e. The van der Waals surface area contributed by atoms with Gasteiger partial charge in [0.1, 0.15) is 0 Å². The summed E-state index contributed by atoms with van der Waals surface area (Å²) in [5.74, 6) is 0.619. The highest BCUT2D eigenvalue weighted by Gasteiger charge is 2.41. The van der Waals surface area contributed by atoms with E-state index in [0.717, 1.165) is 13.1 Å². The Morgan fingerprint density at radius 1 is 1.06 bits per heavy atom. The van der Waals surface area contributed by atoms with Gasteiger partial charge in [-0.2, -0.15) is 0 Å². The predicted octanol–water partition coefficient (Wildman–Crippen LogP) is 3.02. The van der Waals surface area contributed by atoms with Gasteiger partial charge in [0.2, 0.25) is 0 Å². The number of unbranched alkanes of at least 4 members (excludes halogenated alkanes) is 5. The lowest BCUT2D eigenvalue weighted by Gasteiger charge is -2.50. The van der Waals surface area contributed by atoms with E-state index in [1.54, 1.807) is 0 Å². The van der Waals surface area contributed by atoms with Crippen LogP contribution >= 0.6 is 0 Å². The molecule has 0 bridgehead atoms. The summed E-state index contributed by atoms with van der Waals surface area (Å²) in [5, 5.41) is 0. The molecule has 0 aromatic heterocycles. The Morgan fingerprint density at radius 3 is 2.19 bits per heavy atom. The molecule has 2 nitrogen and oxygen atoms in total. The van der Waals surface area contributed by atoms with Crippen LogP contribution in [-0.4, -0.2) is 30.1 Å². The van der Waals surface area contributed by atoms with Crippen LogP contribution in [0.25, 0.3) is 0 Å². The van der Waals surface area contributed by atoms with Gasteiger partial charge in [-0.05, 0) is 18.9 Å². The molecule has 0 atom stereocenters. The van der Waals surface area contributed by atoms with Crippen molar-refractivity contribution in [1.82, 2.24) is 4.90 Å². The highest BCUT2D eigenvalue weighted by molar-refractivity contribution is 5.01. The molecule has 1 rings (SSSR count). The number of hydrogen-bond donors (Lipinski definition) is 1. The van der Waals surface area contributed by atoms with Crippen molar-refractivity contribution in [3.63, 3.8) is 0 Å². The van der Waals surface area contributed by atoms with Crippen LogP contribution in [-0.2, 0) is 0 Å². The molecule has 1 saturated heterocycles. The molecule has 1 fully saturated rings. The summed E-state index contributed by atoms with van der Waals surface area (Å²) in [6.45, 7) is 10.2. The molecule has 0 saturated carbocycles. The van der Waals surface area contributed by atoms with E-state index in [0.29, 0.717) is 5.92 Å². The van der Waals surface area contributed by atoms with Crippen molar-refractivity contribution in [2.24, 2.45) is 11.7 Å². The lowest BCUT2D eigenvalue weighted by Crippen LogP contribution is -2.69. The summed E-state index contributed by atoms with van der Waals surface area (Å²) in [6.07, 6.45) is 8.34. The van der Waals surface area contributed by atoms with Gasteiger partial charge in [0.25, 0.3) is 0 Å². The molecule has 0 aromatic rings. The van der Waals surface area contributed by atoms with Gasteiger partial charge in [0.05, 0.1) is 0 Å². The molecule has 96 valence electrons. The van der Waals surface area contributed by atoms with Gasteiger partial charge in [-0.15, -0.1) is 0 Å². The number of nitrogens with two attached hydrogens (primary N) is 1. The molecule has 2 heteroatoms. The van der Waals surface area contributed by atoms with Crippen LogP contribution in [0.5, 0.6) is 0 Å². The molecule has 1 heterocycles. The largest absolute Gasteiger partial charge is 0.323 e. The minimum absolute atomic E-state index is 0.113. The number of likely N-dealkylation sites (tertiary alicyclic amines) is 1. The number of rotatable bonds is 8. The molecule has 0 aliphatic carbocycles. The summed E-state index contributed by atoms with van der Waals surface area (Å²) in [4.78, 5) is 2.51. The fourth-order valence-electron chi connectivity index (χ4n) is 2.43. The van der Waals surface area contributed by atoms with Crippen molar-refractivity contribution in [1.29, 1.82) is 0 Å². The molecule has 1 aliphatic heterocycles. The summed E-state index contributed by atoms with van der Waals surface area (Å²) in [6, 6.07) is 0. The molecular weight excluding hydrogens is 196 g/mol. The minimum Gasteiger partial charge on any atom is -0.323 e. The molecule has 2 N–H and O–H groups in total. The SMILES string of the molecule is CCCCCCCCN1CC(N)(C(C)C)C1. The highest BCUT2D eigenvalue weighted by atomic mass is 15.2. The zero-order valence-corrected chi connectivity index (χ0v) is 11.5. The highest BCUT2D eigenvalue weighted by Crippen LogP contribution is 2.26. The van der Waals surface area contributed by atoms with E-state index in [4.69, 9.17) is 5.73 Å². The van der Waals surface area contributed by atoms with Crippen LogP contribution < -0.4 is 5.73 Å². The summed E-state index contributed by atoms with van der Waals surface area (Å²) in [5.41, 5.74) is 6.38. The fourth-order valence-corrected chi connectivity index (χ4v) is 2.43. The maximum absolute atomic E-state index is 6.26. The van der Waals surface area contributed by atoms with Gasteiger partial charge in [-0.25, -0.2) is 0 Å². The average Bonchev–Trinajstić information content (AvgIpc) is 2.19. The third kappa shape index (κ3) is 4.06. The number of hydrogen-bond acceptors (Lipinski definition) is 2. The topological polar surface area (TPSA) is 29.3 Å². The second-order valence-corrected chi connectivity index (χ2v) is 5.87. The van der Waals surface area contributed by atoms with Crippen LogP contribution in [0.1, 0.15) is 59.3 Å². The van der Waals surface area contributed by atoms with Crippen LogP contribution in [0, 0.1) is 5.92 Å². The molecule has 0 radical (unpaired) electrons. The molecular formula is C14H30N2. The molecule has 1 aliphatic rings. The van der Waals surface area contributed by atoms with Gasteiger partial charge >= 0.3 is 0 Å². The van der Waals surface area contributed by atoms with Crippen molar-refractivity contribution in [2.75, 3.05) is 19.6 Å². The van der Waals surface area contributed by atoms with E-state index in [1.807, 2.05) is 0 Å². The average molecular weight is 226 g/mol. The monoisotopic (exact) mass is 226 g/mol. The van der Waals surface area contributed by atoms with E-state index in [2.05, 4.69) is 25.7 Å². The summed E-state index contributed by atoms with van der Waals surface area (Å²) < 4.78 is 0. The molecule has 0 aromatic carbocycles. The van der Waals surface area contributed by atoms with Crippen molar-refractivity contribution in [3.05, 3.63) is 0 Å². The second-order valence-electron chi connectivity index (χ2n) is 5.87. The lowest BCUT2D eigenvalue weighted by molar-refractivity contribution is 0.0366. The third-order valence-electron chi connectivity index (χ3n) is 4.01. The first-order valence-corrected chi connectivity index (χ1v) is 7.09. The quantitative estimate of drug-likeness (QED) is 0.645. The predicted molar refractivity (Wildman–Crippen MR) is 71.6 cm³/mol. The van der Waals surface area contributed by atoms with E-state index in [9.17, 15) is 0 Å². The zero-order valence-electron chi connectivity index (χ0n) is 11.5. The van der Waals surface area contributed by atoms with Gasteiger partial charge in [0, 0.05) is 18.6 Å². The Hall–Kier alpha value is -0.0800. The first-order chi connectivity index (χ1) is 7.58. The Bertz CT molecular complexity index is 183. The molecule has 16 heavy (non-hydrogen) atoms. The third-order valence-corrected chi connectivity index (χ3v) is 4.01.